The molecule has 6 heteroatoms. The Morgan fingerprint density at radius 2 is 2.11 bits per heavy atom. The molecule has 2 N–H and O–H groups in total. The Hall–Kier alpha value is -1.75. The predicted molar refractivity (Wildman–Crippen MR) is 74.7 cm³/mol. The molecule has 104 valence electrons. The Bertz CT molecular complexity index is 477. The standard InChI is InChI=1S/C13H17ClN2O3/c1-3-16(7-6-12(17)18)13(19)15-11-8-9(2)4-5-10(11)14/h4-5,8H,3,6-7H2,1-2H3,(H,15,19)(H,17,18). The van der Waals surface area contributed by atoms with E-state index in [1.165, 1.54) is 4.90 Å². The second-order valence-electron chi connectivity index (χ2n) is 4.14. The number of carboxylic acid groups (broad SMARTS) is 1. The van der Waals surface area contributed by atoms with Gasteiger partial charge in [0.05, 0.1) is 17.1 Å². The summed E-state index contributed by atoms with van der Waals surface area (Å²) in [5, 5.41) is 11.8. The highest BCUT2D eigenvalue weighted by molar-refractivity contribution is 6.33. The van der Waals surface area contributed by atoms with E-state index >= 15 is 0 Å². The molecule has 0 saturated heterocycles. The first-order valence-corrected chi connectivity index (χ1v) is 6.35. The fraction of sp³-hybridized carbons (Fsp3) is 0.385. The van der Waals surface area contributed by atoms with Gasteiger partial charge in [0.1, 0.15) is 0 Å². The van der Waals surface area contributed by atoms with E-state index in [0.29, 0.717) is 17.3 Å². The van der Waals surface area contributed by atoms with Crippen molar-refractivity contribution >= 4 is 29.3 Å². The van der Waals surface area contributed by atoms with E-state index in [1.807, 2.05) is 13.0 Å². The molecule has 0 unspecified atom stereocenters. The SMILES string of the molecule is CCN(CCC(=O)O)C(=O)Nc1cc(C)ccc1Cl. The number of carbonyl (C=O) groups excluding carboxylic acids is 1. The fourth-order valence-corrected chi connectivity index (χ4v) is 1.73. The predicted octanol–water partition coefficient (Wildman–Crippen LogP) is 2.98. The van der Waals surface area contributed by atoms with Gasteiger partial charge in [0.2, 0.25) is 0 Å². The maximum absolute atomic E-state index is 12.0. The summed E-state index contributed by atoms with van der Waals surface area (Å²) in [6, 6.07) is 4.97. The van der Waals surface area contributed by atoms with Crippen molar-refractivity contribution in [2.24, 2.45) is 0 Å². The topological polar surface area (TPSA) is 69.6 Å². The molecule has 0 aliphatic rings. The third kappa shape index (κ3) is 4.79. The maximum atomic E-state index is 12.0. The van der Waals surface area contributed by atoms with Crippen LogP contribution in [0.25, 0.3) is 0 Å². The summed E-state index contributed by atoms with van der Waals surface area (Å²) in [5.41, 5.74) is 1.51. The van der Waals surface area contributed by atoms with Crippen LogP contribution < -0.4 is 5.32 Å². The zero-order valence-corrected chi connectivity index (χ0v) is 11.7. The number of carbonyl (C=O) groups is 2. The first-order chi connectivity index (χ1) is 8.93. The van der Waals surface area contributed by atoms with E-state index in [2.05, 4.69) is 5.32 Å². The molecule has 0 bridgehead atoms. The minimum absolute atomic E-state index is 0.0805. The van der Waals surface area contributed by atoms with Gasteiger partial charge >= 0.3 is 12.0 Å². The molecule has 0 fully saturated rings. The van der Waals surface area contributed by atoms with Crippen LogP contribution in [0.5, 0.6) is 0 Å². The first-order valence-electron chi connectivity index (χ1n) is 5.98. The van der Waals surface area contributed by atoms with Crippen LogP contribution in [0, 0.1) is 6.92 Å². The summed E-state index contributed by atoms with van der Waals surface area (Å²) in [5.74, 6) is -0.931. The van der Waals surface area contributed by atoms with Crippen LogP contribution >= 0.6 is 11.6 Å². The van der Waals surface area contributed by atoms with Gasteiger partial charge in [-0.3, -0.25) is 4.79 Å². The number of benzene rings is 1. The van der Waals surface area contributed by atoms with E-state index in [0.717, 1.165) is 5.56 Å². The number of carboxylic acids is 1. The maximum Gasteiger partial charge on any atom is 0.321 e. The molecule has 19 heavy (non-hydrogen) atoms. The van der Waals surface area contributed by atoms with Crippen molar-refractivity contribution in [1.82, 2.24) is 4.90 Å². The summed E-state index contributed by atoms with van der Waals surface area (Å²) < 4.78 is 0. The smallest absolute Gasteiger partial charge is 0.321 e. The van der Waals surface area contributed by atoms with Gasteiger partial charge in [-0.25, -0.2) is 4.79 Å². The van der Waals surface area contributed by atoms with Crippen LogP contribution in [0.3, 0.4) is 0 Å². The van der Waals surface area contributed by atoms with Crippen LogP contribution in [0.4, 0.5) is 10.5 Å². The summed E-state index contributed by atoms with van der Waals surface area (Å²) >= 11 is 5.99. The van der Waals surface area contributed by atoms with Crippen LogP contribution in [0.15, 0.2) is 18.2 Å². The summed E-state index contributed by atoms with van der Waals surface area (Å²) in [4.78, 5) is 23.9. The molecule has 0 saturated carbocycles. The summed E-state index contributed by atoms with van der Waals surface area (Å²) in [6.07, 6.45) is -0.0805. The van der Waals surface area contributed by atoms with Gasteiger partial charge in [-0.2, -0.15) is 0 Å². The summed E-state index contributed by atoms with van der Waals surface area (Å²) in [7, 11) is 0. The van der Waals surface area contributed by atoms with Crippen molar-refractivity contribution in [2.45, 2.75) is 20.3 Å². The minimum Gasteiger partial charge on any atom is -0.481 e. The molecule has 0 spiro atoms. The van der Waals surface area contributed by atoms with Gasteiger partial charge in [0.25, 0.3) is 0 Å². The van der Waals surface area contributed by atoms with E-state index < -0.39 is 5.97 Å². The highest BCUT2D eigenvalue weighted by atomic mass is 35.5. The monoisotopic (exact) mass is 284 g/mol. The molecule has 1 aromatic carbocycles. The Balaban J connectivity index is 2.71. The van der Waals surface area contributed by atoms with Gasteiger partial charge in [-0.05, 0) is 31.5 Å². The molecule has 0 heterocycles. The second-order valence-corrected chi connectivity index (χ2v) is 4.54. The number of nitrogens with zero attached hydrogens (tertiary/aromatic N) is 1. The quantitative estimate of drug-likeness (QED) is 0.873. The zero-order valence-electron chi connectivity index (χ0n) is 10.9. The lowest BCUT2D eigenvalue weighted by Crippen LogP contribution is -2.36. The second kappa shape index (κ2) is 6.99. The number of hydrogen-bond donors (Lipinski definition) is 2. The van der Waals surface area contributed by atoms with Crippen LogP contribution in [-0.2, 0) is 4.79 Å². The van der Waals surface area contributed by atoms with Crippen molar-refractivity contribution in [3.8, 4) is 0 Å². The van der Waals surface area contributed by atoms with Gasteiger partial charge < -0.3 is 15.3 Å². The Morgan fingerprint density at radius 3 is 2.68 bits per heavy atom. The van der Waals surface area contributed by atoms with Crippen molar-refractivity contribution in [3.05, 3.63) is 28.8 Å². The molecule has 0 radical (unpaired) electrons. The number of hydrogen-bond acceptors (Lipinski definition) is 2. The summed E-state index contributed by atoms with van der Waals surface area (Å²) in [6.45, 7) is 4.29. The Labute approximate surface area is 117 Å². The fourth-order valence-electron chi connectivity index (χ4n) is 1.56. The lowest BCUT2D eigenvalue weighted by atomic mass is 10.2. The first kappa shape index (κ1) is 15.3. The third-order valence-electron chi connectivity index (χ3n) is 2.63. The van der Waals surface area contributed by atoms with Crippen molar-refractivity contribution in [3.63, 3.8) is 0 Å². The number of rotatable bonds is 5. The molecule has 1 aromatic rings. The minimum atomic E-state index is -0.931. The van der Waals surface area contributed by atoms with E-state index in [-0.39, 0.29) is 19.0 Å². The van der Waals surface area contributed by atoms with Gasteiger partial charge in [0, 0.05) is 13.1 Å². The number of urea groups is 1. The largest absolute Gasteiger partial charge is 0.481 e. The van der Waals surface area contributed by atoms with Crippen molar-refractivity contribution < 1.29 is 14.7 Å². The van der Waals surface area contributed by atoms with Crippen LogP contribution in [-0.4, -0.2) is 35.1 Å². The van der Waals surface area contributed by atoms with E-state index in [4.69, 9.17) is 16.7 Å². The van der Waals surface area contributed by atoms with Crippen LogP contribution in [0.2, 0.25) is 5.02 Å². The van der Waals surface area contributed by atoms with Crippen molar-refractivity contribution in [1.29, 1.82) is 0 Å². The number of aryl methyl sites for hydroxylation is 1. The molecular weight excluding hydrogens is 268 g/mol. The van der Waals surface area contributed by atoms with Gasteiger partial charge in [0.15, 0.2) is 0 Å². The van der Waals surface area contributed by atoms with Crippen LogP contribution in [0.1, 0.15) is 18.9 Å². The number of halogens is 1. The molecule has 5 nitrogen and oxygen atoms in total. The average Bonchev–Trinajstić information content (AvgIpc) is 2.34. The molecule has 0 aromatic heterocycles. The van der Waals surface area contributed by atoms with Crippen molar-refractivity contribution in [2.75, 3.05) is 18.4 Å². The average molecular weight is 285 g/mol. The number of anilines is 1. The number of nitrogens with one attached hydrogen (secondary N) is 1. The van der Waals surface area contributed by atoms with Gasteiger partial charge in [-0.1, -0.05) is 17.7 Å². The molecule has 0 atom stereocenters. The molecule has 1 rings (SSSR count). The molecular formula is C13H17ClN2O3. The Morgan fingerprint density at radius 1 is 1.42 bits per heavy atom. The highest BCUT2D eigenvalue weighted by Gasteiger charge is 2.14. The highest BCUT2D eigenvalue weighted by Crippen LogP contribution is 2.23. The lowest BCUT2D eigenvalue weighted by molar-refractivity contribution is -0.137. The normalized spacial score (nSPS) is 10.1. The molecule has 2 amide bonds. The number of amides is 2. The van der Waals surface area contributed by atoms with E-state index in [1.54, 1.807) is 19.1 Å². The zero-order chi connectivity index (χ0) is 14.4. The lowest BCUT2D eigenvalue weighted by Gasteiger charge is -2.21. The third-order valence-corrected chi connectivity index (χ3v) is 2.96. The van der Waals surface area contributed by atoms with Gasteiger partial charge in [-0.15, -0.1) is 0 Å². The number of aliphatic carboxylic acids is 1. The molecule has 0 aliphatic carbocycles. The van der Waals surface area contributed by atoms with E-state index in [9.17, 15) is 9.59 Å². The molecule has 0 aliphatic heterocycles. The Kier molecular flexibility index (Phi) is 5.63.